The van der Waals surface area contributed by atoms with Gasteiger partial charge in [-0.2, -0.15) is 0 Å². The molecule has 0 spiro atoms. The van der Waals surface area contributed by atoms with Crippen LogP contribution < -0.4 is 0 Å². The van der Waals surface area contributed by atoms with Crippen molar-refractivity contribution >= 4 is 23.7 Å². The Morgan fingerprint density at radius 3 is 2.25 bits per heavy atom. The topological polar surface area (TPSA) is 96.0 Å². The number of carbonyl (C=O) groups excluding carboxylic acids is 4. The molecule has 0 N–H and O–H groups in total. The maximum Gasteiger partial charge on any atom is 0.302 e. The maximum atomic E-state index is 13.6. The zero-order chi connectivity index (χ0) is 23.3. The first-order chi connectivity index (χ1) is 15.0. The summed E-state index contributed by atoms with van der Waals surface area (Å²) in [5.74, 6) is -0.150. The molecule has 0 aromatic heterocycles. The van der Waals surface area contributed by atoms with E-state index in [1.165, 1.54) is 20.8 Å². The highest BCUT2D eigenvalue weighted by Gasteiger charge is 2.64. The summed E-state index contributed by atoms with van der Waals surface area (Å²) in [6, 6.07) is 0. The minimum atomic E-state index is -0.318. The number of fused-ring (bicyclic) bond motifs is 5. The number of Topliss-reactive ketones (excluding diaryl/α,β-unsaturated/α-hetero) is 1. The maximum absolute atomic E-state index is 13.6. The van der Waals surface area contributed by atoms with Crippen LogP contribution in [0.15, 0.2) is 0 Å². The van der Waals surface area contributed by atoms with Gasteiger partial charge in [-0.1, -0.05) is 6.92 Å². The third-order valence-corrected chi connectivity index (χ3v) is 9.14. The summed E-state index contributed by atoms with van der Waals surface area (Å²) < 4.78 is 16.6. The van der Waals surface area contributed by atoms with Crippen LogP contribution in [0.3, 0.4) is 0 Å². The van der Waals surface area contributed by atoms with E-state index in [4.69, 9.17) is 14.2 Å². The van der Waals surface area contributed by atoms with Crippen LogP contribution in [0, 0.1) is 34.5 Å². The Hall–Kier alpha value is -1.92. The van der Waals surface area contributed by atoms with Crippen molar-refractivity contribution in [2.45, 2.75) is 91.3 Å². The number of carbonyl (C=O) groups is 4. The van der Waals surface area contributed by atoms with Crippen LogP contribution >= 0.6 is 0 Å². The van der Waals surface area contributed by atoms with E-state index in [1.54, 1.807) is 0 Å². The number of rotatable bonds is 4. The molecule has 0 aliphatic heterocycles. The second-order valence-electron chi connectivity index (χ2n) is 11.0. The van der Waals surface area contributed by atoms with Gasteiger partial charge in [0, 0.05) is 38.5 Å². The van der Waals surface area contributed by atoms with Gasteiger partial charge < -0.3 is 14.2 Å². The molecular formula is C25H36O7. The SMILES string of the molecule is CC(=O)OC[C@]12CC[C@@H]3[C@H](C(=O)C[C@H]4C[C@H](OC(C)=O)CC[C@@]43C)[C@H]1C[C@H](OC(C)=O)C2. The van der Waals surface area contributed by atoms with Gasteiger partial charge in [0.25, 0.3) is 0 Å². The summed E-state index contributed by atoms with van der Waals surface area (Å²) in [4.78, 5) is 48.3. The fourth-order valence-electron chi connectivity index (χ4n) is 7.84. The second-order valence-corrected chi connectivity index (χ2v) is 11.0. The molecular weight excluding hydrogens is 412 g/mol. The van der Waals surface area contributed by atoms with E-state index in [2.05, 4.69) is 6.92 Å². The van der Waals surface area contributed by atoms with E-state index >= 15 is 0 Å². The smallest absolute Gasteiger partial charge is 0.302 e. The summed E-state index contributed by atoms with van der Waals surface area (Å²) in [5, 5.41) is 0. The number of hydrogen-bond acceptors (Lipinski definition) is 7. The van der Waals surface area contributed by atoms with Gasteiger partial charge in [0.05, 0.1) is 6.61 Å². The number of ether oxygens (including phenoxy) is 3. The van der Waals surface area contributed by atoms with Crippen molar-refractivity contribution < 1.29 is 33.4 Å². The summed E-state index contributed by atoms with van der Waals surface area (Å²) >= 11 is 0. The molecule has 4 rings (SSSR count). The minimum Gasteiger partial charge on any atom is -0.465 e. The molecule has 0 saturated heterocycles. The molecule has 4 saturated carbocycles. The lowest BCUT2D eigenvalue weighted by molar-refractivity contribution is -0.171. The number of esters is 3. The van der Waals surface area contributed by atoms with Crippen molar-refractivity contribution in [1.82, 2.24) is 0 Å². The minimum absolute atomic E-state index is 0.0301. The average Bonchev–Trinajstić information content (AvgIpc) is 3.05. The molecule has 0 radical (unpaired) electrons. The normalized spacial score (nSPS) is 42.8. The summed E-state index contributed by atoms with van der Waals surface area (Å²) in [6.45, 7) is 6.88. The molecule has 7 nitrogen and oxygen atoms in total. The molecule has 0 aromatic rings. The largest absolute Gasteiger partial charge is 0.465 e. The van der Waals surface area contributed by atoms with Gasteiger partial charge in [-0.3, -0.25) is 19.2 Å². The van der Waals surface area contributed by atoms with Crippen molar-refractivity contribution in [3.05, 3.63) is 0 Å². The lowest BCUT2D eigenvalue weighted by Crippen LogP contribution is -2.57. The predicted molar refractivity (Wildman–Crippen MR) is 114 cm³/mol. The Labute approximate surface area is 189 Å². The predicted octanol–water partition coefficient (Wildman–Crippen LogP) is 3.61. The van der Waals surface area contributed by atoms with Crippen LogP contribution in [-0.4, -0.2) is 42.5 Å². The van der Waals surface area contributed by atoms with Gasteiger partial charge >= 0.3 is 17.9 Å². The van der Waals surface area contributed by atoms with E-state index in [0.29, 0.717) is 19.3 Å². The van der Waals surface area contributed by atoms with Crippen molar-refractivity contribution in [3.8, 4) is 0 Å². The van der Waals surface area contributed by atoms with Crippen LogP contribution in [0.4, 0.5) is 0 Å². The standard InChI is InChI=1S/C25H36O7/c1-14(26)30-13-25-8-6-20-23(21(25)11-19(12-25)32-16(3)28)22(29)10-17-9-18(31-15(2)27)5-7-24(17,20)4/h17-21,23H,5-13H2,1-4H3/t17-,18-,19+,20-,21-,23+,24+,25-/m1/s1. The van der Waals surface area contributed by atoms with Crippen molar-refractivity contribution in [3.63, 3.8) is 0 Å². The number of hydrogen-bond donors (Lipinski definition) is 0. The number of ketones is 1. The highest BCUT2D eigenvalue weighted by molar-refractivity contribution is 5.83. The zero-order valence-electron chi connectivity index (χ0n) is 19.7. The summed E-state index contributed by atoms with van der Waals surface area (Å²) in [5.41, 5.74) is -0.275. The van der Waals surface area contributed by atoms with Crippen LogP contribution in [0.5, 0.6) is 0 Å². The fraction of sp³-hybridized carbons (Fsp3) is 0.840. The Morgan fingerprint density at radius 2 is 1.59 bits per heavy atom. The van der Waals surface area contributed by atoms with E-state index in [9.17, 15) is 19.2 Å². The highest BCUT2D eigenvalue weighted by atomic mass is 16.5. The average molecular weight is 449 g/mol. The lowest BCUT2D eigenvalue weighted by Gasteiger charge is -2.59. The summed E-state index contributed by atoms with van der Waals surface area (Å²) in [7, 11) is 0. The summed E-state index contributed by atoms with van der Waals surface area (Å²) in [6.07, 6.45) is 5.80. The first-order valence-electron chi connectivity index (χ1n) is 12.0. The Balaban J connectivity index is 1.60. The zero-order valence-corrected chi connectivity index (χ0v) is 19.7. The van der Waals surface area contributed by atoms with Crippen LogP contribution in [0.1, 0.15) is 79.1 Å². The second kappa shape index (κ2) is 8.45. The van der Waals surface area contributed by atoms with Crippen molar-refractivity contribution in [2.24, 2.45) is 34.5 Å². The first-order valence-corrected chi connectivity index (χ1v) is 12.0. The van der Waals surface area contributed by atoms with Crippen molar-refractivity contribution in [2.75, 3.05) is 6.61 Å². The molecule has 32 heavy (non-hydrogen) atoms. The van der Waals surface area contributed by atoms with Gasteiger partial charge in [0.1, 0.15) is 18.0 Å². The van der Waals surface area contributed by atoms with E-state index in [1.807, 2.05) is 0 Å². The molecule has 0 unspecified atom stereocenters. The molecule has 4 aliphatic carbocycles. The molecule has 0 heterocycles. The Kier molecular flexibility index (Phi) is 6.14. The quantitative estimate of drug-likeness (QED) is 0.479. The third-order valence-electron chi connectivity index (χ3n) is 9.14. The van der Waals surface area contributed by atoms with Crippen LogP contribution in [-0.2, 0) is 33.4 Å². The van der Waals surface area contributed by atoms with Gasteiger partial charge in [-0.25, -0.2) is 0 Å². The van der Waals surface area contributed by atoms with Gasteiger partial charge in [0.15, 0.2) is 0 Å². The lowest BCUT2D eigenvalue weighted by atomic mass is 9.45. The van der Waals surface area contributed by atoms with Crippen LogP contribution in [0.2, 0.25) is 0 Å². The highest BCUT2D eigenvalue weighted by Crippen LogP contribution is 2.65. The van der Waals surface area contributed by atoms with E-state index in [0.717, 1.165) is 32.1 Å². The molecule has 7 heteroatoms. The van der Waals surface area contributed by atoms with Crippen molar-refractivity contribution in [1.29, 1.82) is 0 Å². The fourth-order valence-corrected chi connectivity index (χ4v) is 7.84. The van der Waals surface area contributed by atoms with Gasteiger partial charge in [-0.05, 0) is 68.1 Å². The molecule has 178 valence electrons. The Bertz CT molecular complexity index is 806. The van der Waals surface area contributed by atoms with E-state index in [-0.39, 0.29) is 77.0 Å². The molecule has 8 atom stereocenters. The van der Waals surface area contributed by atoms with Gasteiger partial charge in [0.2, 0.25) is 0 Å². The third kappa shape index (κ3) is 4.08. The van der Waals surface area contributed by atoms with Crippen LogP contribution in [0.25, 0.3) is 0 Å². The van der Waals surface area contributed by atoms with E-state index < -0.39 is 0 Å². The molecule has 0 amide bonds. The van der Waals surface area contributed by atoms with Gasteiger partial charge in [-0.15, -0.1) is 0 Å². The molecule has 4 fully saturated rings. The molecule has 0 bridgehead atoms. The molecule has 4 aliphatic rings. The monoisotopic (exact) mass is 448 g/mol. The molecule has 0 aromatic carbocycles. The first kappa shape index (κ1) is 23.2. The Morgan fingerprint density at radius 1 is 0.906 bits per heavy atom.